The van der Waals surface area contributed by atoms with E-state index in [9.17, 15) is 19.5 Å². The number of aliphatic hydroxyl groups excluding tert-OH is 1. The molecule has 4 rings (SSSR count). The second-order valence-electron chi connectivity index (χ2n) is 9.97. The van der Waals surface area contributed by atoms with E-state index in [4.69, 9.17) is 9.47 Å². The van der Waals surface area contributed by atoms with Crippen LogP contribution in [-0.2, 0) is 23.9 Å². The molecule has 4 aliphatic heterocycles. The van der Waals surface area contributed by atoms with Gasteiger partial charge in [-0.15, -0.1) is 0 Å². The van der Waals surface area contributed by atoms with Gasteiger partial charge in [0.25, 0.3) is 0 Å². The highest BCUT2D eigenvalue weighted by molar-refractivity contribution is 5.99. The molecular weight excluding hydrogens is 436 g/mol. The number of fused-ring (bicyclic) bond motifs is 2. The monoisotopic (exact) mass is 474 g/mol. The fourth-order valence-corrected chi connectivity index (χ4v) is 6.34. The summed E-state index contributed by atoms with van der Waals surface area (Å²) in [7, 11) is 0. The highest BCUT2D eigenvalue weighted by atomic mass is 16.6. The maximum atomic E-state index is 14.1. The van der Waals surface area contributed by atoms with Crippen molar-refractivity contribution in [2.45, 2.75) is 82.6 Å². The van der Waals surface area contributed by atoms with Crippen molar-refractivity contribution in [2.24, 2.45) is 11.8 Å². The number of aliphatic hydroxyl groups is 1. The van der Waals surface area contributed by atoms with Crippen LogP contribution in [0, 0.1) is 11.8 Å². The van der Waals surface area contributed by atoms with Crippen molar-refractivity contribution < 1.29 is 29.0 Å². The van der Waals surface area contributed by atoms with Crippen LogP contribution in [-0.4, -0.2) is 82.3 Å². The zero-order valence-electron chi connectivity index (χ0n) is 20.6. The van der Waals surface area contributed by atoms with E-state index in [-0.39, 0.29) is 31.0 Å². The molecule has 2 amide bonds. The Kier molecular flexibility index (Phi) is 7.20. The number of amides is 2. The Balaban J connectivity index is 1.85. The van der Waals surface area contributed by atoms with Crippen LogP contribution in [0.25, 0.3) is 0 Å². The molecule has 4 heterocycles. The lowest BCUT2D eigenvalue weighted by molar-refractivity contribution is -0.161. The van der Waals surface area contributed by atoms with Gasteiger partial charge >= 0.3 is 5.97 Å². The van der Waals surface area contributed by atoms with Crippen molar-refractivity contribution in [2.75, 3.05) is 26.3 Å². The van der Waals surface area contributed by atoms with Crippen LogP contribution < -0.4 is 0 Å². The van der Waals surface area contributed by atoms with Gasteiger partial charge in [0.1, 0.15) is 23.2 Å². The number of hydrogen-bond acceptors (Lipinski definition) is 6. The summed E-state index contributed by atoms with van der Waals surface area (Å²) in [6.45, 7) is 6.92. The molecular formula is C26H38N2O6. The Morgan fingerprint density at radius 3 is 2.65 bits per heavy atom. The van der Waals surface area contributed by atoms with Crippen LogP contribution >= 0.6 is 0 Å². The van der Waals surface area contributed by atoms with Gasteiger partial charge in [-0.1, -0.05) is 44.6 Å². The van der Waals surface area contributed by atoms with E-state index >= 15 is 0 Å². The SMILES string of the molecule is CCCC(C)N1CC=C[C@]23O[C@]4(CC)/C=C\CCCOC(=O)[C@@H]4[C@H]2C(=O)N(CCCO)C3C1=O. The van der Waals surface area contributed by atoms with Crippen LogP contribution in [0.15, 0.2) is 24.3 Å². The van der Waals surface area contributed by atoms with Crippen LogP contribution in [0.3, 0.4) is 0 Å². The Hall–Kier alpha value is -2.19. The summed E-state index contributed by atoms with van der Waals surface area (Å²) >= 11 is 0. The van der Waals surface area contributed by atoms with Gasteiger partial charge in [0.15, 0.2) is 0 Å². The highest BCUT2D eigenvalue weighted by Crippen LogP contribution is 2.58. The molecule has 8 nitrogen and oxygen atoms in total. The third-order valence-corrected chi connectivity index (χ3v) is 7.96. The summed E-state index contributed by atoms with van der Waals surface area (Å²) in [5, 5.41) is 9.49. The summed E-state index contributed by atoms with van der Waals surface area (Å²) in [5.74, 6) is -2.56. The van der Waals surface area contributed by atoms with Crippen molar-refractivity contribution >= 4 is 17.8 Å². The number of carbonyl (C=O) groups excluding carboxylic acids is 3. The molecule has 0 bridgehead atoms. The molecule has 0 radical (unpaired) electrons. The summed E-state index contributed by atoms with van der Waals surface area (Å²) in [5.41, 5.74) is -2.27. The first kappa shape index (κ1) is 24.9. The molecule has 2 fully saturated rings. The van der Waals surface area contributed by atoms with Gasteiger partial charge in [0, 0.05) is 25.7 Å². The largest absolute Gasteiger partial charge is 0.465 e. The van der Waals surface area contributed by atoms with Crippen LogP contribution in [0.4, 0.5) is 0 Å². The van der Waals surface area contributed by atoms with E-state index in [1.54, 1.807) is 4.90 Å². The molecule has 6 atom stereocenters. The lowest BCUT2D eigenvalue weighted by atomic mass is 9.73. The number of esters is 1. The third-order valence-electron chi connectivity index (χ3n) is 7.96. The predicted octanol–water partition coefficient (Wildman–Crippen LogP) is 2.21. The second-order valence-corrected chi connectivity index (χ2v) is 9.97. The number of carbonyl (C=O) groups is 3. The van der Waals surface area contributed by atoms with Crippen LogP contribution in [0.2, 0.25) is 0 Å². The zero-order valence-corrected chi connectivity index (χ0v) is 20.6. The molecule has 0 aliphatic carbocycles. The lowest BCUT2D eigenvalue weighted by Gasteiger charge is -2.39. The van der Waals surface area contributed by atoms with E-state index in [1.165, 1.54) is 0 Å². The topological polar surface area (TPSA) is 96.4 Å². The summed E-state index contributed by atoms with van der Waals surface area (Å²) in [6, 6.07) is -0.871. The smallest absolute Gasteiger partial charge is 0.313 e. The molecule has 0 saturated carbocycles. The zero-order chi connectivity index (χ0) is 24.5. The number of allylic oxidation sites excluding steroid dienone is 1. The quantitative estimate of drug-likeness (QED) is 0.449. The van der Waals surface area contributed by atoms with Crippen molar-refractivity contribution in [1.29, 1.82) is 0 Å². The summed E-state index contributed by atoms with van der Waals surface area (Å²) < 4.78 is 12.5. The molecule has 1 N–H and O–H groups in total. The van der Waals surface area contributed by atoms with Gasteiger partial charge in [0.2, 0.25) is 11.8 Å². The Bertz CT molecular complexity index is 871. The number of cyclic esters (lactones) is 1. The predicted molar refractivity (Wildman–Crippen MR) is 126 cm³/mol. The molecule has 1 spiro atoms. The van der Waals surface area contributed by atoms with Crippen LogP contribution in [0.1, 0.15) is 59.3 Å². The number of rotatable bonds is 7. The van der Waals surface area contributed by atoms with E-state index in [0.29, 0.717) is 32.4 Å². The van der Waals surface area contributed by atoms with Gasteiger partial charge < -0.3 is 24.4 Å². The van der Waals surface area contributed by atoms with Gasteiger partial charge in [-0.05, 0) is 39.0 Å². The van der Waals surface area contributed by atoms with E-state index in [2.05, 4.69) is 6.92 Å². The molecule has 0 aromatic rings. The van der Waals surface area contributed by atoms with Crippen molar-refractivity contribution in [3.63, 3.8) is 0 Å². The van der Waals surface area contributed by atoms with E-state index in [0.717, 1.165) is 19.3 Å². The first-order chi connectivity index (χ1) is 16.4. The average molecular weight is 475 g/mol. The molecule has 2 unspecified atom stereocenters. The maximum absolute atomic E-state index is 14.1. The van der Waals surface area contributed by atoms with Crippen molar-refractivity contribution in [3.05, 3.63) is 24.3 Å². The summed E-state index contributed by atoms with van der Waals surface area (Å²) in [6.07, 6.45) is 11.8. The number of nitrogens with zero attached hydrogens (tertiary/aromatic N) is 2. The molecule has 34 heavy (non-hydrogen) atoms. The highest BCUT2D eigenvalue weighted by Gasteiger charge is 2.75. The maximum Gasteiger partial charge on any atom is 0.313 e. The number of hydrogen-bond donors (Lipinski definition) is 1. The second kappa shape index (κ2) is 9.82. The minimum atomic E-state index is -1.26. The average Bonchev–Trinajstić information content (AvgIpc) is 3.19. The minimum absolute atomic E-state index is 0.00901. The first-order valence-corrected chi connectivity index (χ1v) is 12.8. The molecule has 188 valence electrons. The lowest BCUT2D eigenvalue weighted by Crippen LogP contribution is -2.57. The van der Waals surface area contributed by atoms with Crippen molar-refractivity contribution in [3.8, 4) is 0 Å². The van der Waals surface area contributed by atoms with Gasteiger partial charge in [-0.2, -0.15) is 0 Å². The number of likely N-dealkylation sites (tertiary alicyclic amines) is 1. The molecule has 8 heteroatoms. The minimum Gasteiger partial charge on any atom is -0.465 e. The summed E-state index contributed by atoms with van der Waals surface area (Å²) in [4.78, 5) is 44.8. The normalized spacial score (nSPS) is 37.2. The third kappa shape index (κ3) is 3.79. The van der Waals surface area contributed by atoms with Gasteiger partial charge in [-0.25, -0.2) is 0 Å². The Labute approximate surface area is 201 Å². The molecule has 0 aromatic heterocycles. The standard InChI is InChI=1S/C26H38N2O6/c1-4-11-18(3)27-14-9-13-26-19(22(30)28(15-10-16-29)21(26)23(27)31)20-24(32)33-17-8-6-7-12-25(20,5-2)34-26/h7,9,12-13,18-21,29H,4-6,8,10-11,14-17H2,1-3H3/b12-7-/t18?,19-,20-,21?,25+,26-/m0/s1. The molecule has 0 aromatic carbocycles. The number of ether oxygens (including phenoxy) is 2. The first-order valence-electron chi connectivity index (χ1n) is 12.8. The van der Waals surface area contributed by atoms with E-state index < -0.39 is 35.0 Å². The molecule has 4 aliphatic rings. The molecule has 2 saturated heterocycles. The Morgan fingerprint density at radius 2 is 1.94 bits per heavy atom. The van der Waals surface area contributed by atoms with E-state index in [1.807, 2.05) is 43.1 Å². The van der Waals surface area contributed by atoms with Crippen LogP contribution in [0.5, 0.6) is 0 Å². The van der Waals surface area contributed by atoms with Crippen molar-refractivity contribution in [1.82, 2.24) is 9.80 Å². The van der Waals surface area contributed by atoms with Gasteiger partial charge in [0.05, 0.1) is 12.5 Å². The fraction of sp³-hybridized carbons (Fsp3) is 0.731. The fourth-order valence-electron chi connectivity index (χ4n) is 6.34. The Morgan fingerprint density at radius 1 is 1.15 bits per heavy atom. The van der Waals surface area contributed by atoms with Gasteiger partial charge in [-0.3, -0.25) is 14.4 Å².